The lowest BCUT2D eigenvalue weighted by Crippen LogP contribution is -2.38. The normalized spacial score (nSPS) is 14.8. The minimum Gasteiger partial charge on any atom is -0.497 e. The number of hydrogen-bond acceptors (Lipinski definition) is 4. The summed E-state index contributed by atoms with van der Waals surface area (Å²) in [5, 5.41) is 5.09. The molecule has 0 spiro atoms. The number of amides is 1. The Hall–Kier alpha value is -2.86. The summed E-state index contributed by atoms with van der Waals surface area (Å²) >= 11 is 6.42. The number of carbonyl (C=O) groups is 1. The SMILES string of the molecule is COc1ccc(-c2nc(C(=O)N3CCC(C)CC3)nn2-c2ccccc2Cl)cc1. The Balaban J connectivity index is 1.76. The van der Waals surface area contributed by atoms with E-state index in [1.807, 2.05) is 47.4 Å². The lowest BCUT2D eigenvalue weighted by atomic mass is 9.99. The van der Waals surface area contributed by atoms with Crippen molar-refractivity contribution in [2.45, 2.75) is 19.8 Å². The third kappa shape index (κ3) is 3.98. The Morgan fingerprint density at radius 1 is 1.10 bits per heavy atom. The van der Waals surface area contributed by atoms with Crippen molar-refractivity contribution < 1.29 is 9.53 Å². The number of rotatable bonds is 4. The van der Waals surface area contributed by atoms with Gasteiger partial charge in [-0.1, -0.05) is 30.7 Å². The monoisotopic (exact) mass is 410 g/mol. The van der Waals surface area contributed by atoms with Crippen LogP contribution in [0.15, 0.2) is 48.5 Å². The van der Waals surface area contributed by atoms with Crippen LogP contribution in [0.4, 0.5) is 0 Å². The zero-order chi connectivity index (χ0) is 20.4. The molecule has 2 heterocycles. The third-order valence-corrected chi connectivity index (χ3v) is 5.62. The molecule has 2 aromatic carbocycles. The van der Waals surface area contributed by atoms with Gasteiger partial charge < -0.3 is 9.64 Å². The van der Waals surface area contributed by atoms with E-state index in [1.165, 1.54) is 0 Å². The summed E-state index contributed by atoms with van der Waals surface area (Å²) < 4.78 is 6.89. The number of hydrogen-bond donors (Lipinski definition) is 0. The predicted molar refractivity (Wildman–Crippen MR) is 113 cm³/mol. The number of aromatic nitrogens is 3. The molecule has 1 saturated heterocycles. The number of carbonyl (C=O) groups excluding carboxylic acids is 1. The molecule has 1 fully saturated rings. The Labute approximate surface area is 175 Å². The molecule has 6 nitrogen and oxygen atoms in total. The second-order valence-corrected chi connectivity index (χ2v) is 7.73. The van der Waals surface area contributed by atoms with Gasteiger partial charge in [-0.2, -0.15) is 0 Å². The van der Waals surface area contributed by atoms with E-state index in [9.17, 15) is 4.79 Å². The smallest absolute Gasteiger partial charge is 0.293 e. The highest BCUT2D eigenvalue weighted by Gasteiger charge is 2.26. The van der Waals surface area contributed by atoms with Gasteiger partial charge in [-0.25, -0.2) is 9.67 Å². The molecule has 1 aliphatic rings. The summed E-state index contributed by atoms with van der Waals surface area (Å²) in [4.78, 5) is 19.5. The first-order valence-corrected chi connectivity index (χ1v) is 10.1. The maximum absolute atomic E-state index is 13.1. The van der Waals surface area contributed by atoms with Gasteiger partial charge in [0.05, 0.1) is 17.8 Å². The van der Waals surface area contributed by atoms with Gasteiger partial charge >= 0.3 is 0 Å². The lowest BCUT2D eigenvalue weighted by molar-refractivity contribution is 0.0685. The molecule has 1 aliphatic heterocycles. The molecule has 0 radical (unpaired) electrons. The predicted octanol–water partition coefficient (Wildman–Crippen LogP) is 4.47. The molecule has 0 atom stereocenters. The number of likely N-dealkylation sites (tertiary alicyclic amines) is 1. The first kappa shape index (κ1) is 19.5. The van der Waals surface area contributed by atoms with Crippen LogP contribution in [0.2, 0.25) is 5.02 Å². The van der Waals surface area contributed by atoms with Gasteiger partial charge in [0.1, 0.15) is 5.75 Å². The van der Waals surface area contributed by atoms with Gasteiger partial charge in [0.25, 0.3) is 5.91 Å². The average Bonchev–Trinajstić information content (AvgIpc) is 3.19. The molecule has 150 valence electrons. The molecule has 1 amide bonds. The minimum absolute atomic E-state index is 0.141. The summed E-state index contributed by atoms with van der Waals surface area (Å²) in [5.74, 6) is 2.00. The molecule has 29 heavy (non-hydrogen) atoms. The second-order valence-electron chi connectivity index (χ2n) is 7.33. The first-order valence-electron chi connectivity index (χ1n) is 9.72. The van der Waals surface area contributed by atoms with Crippen molar-refractivity contribution in [2.24, 2.45) is 5.92 Å². The van der Waals surface area contributed by atoms with Crippen LogP contribution in [-0.2, 0) is 0 Å². The van der Waals surface area contributed by atoms with Crippen LogP contribution >= 0.6 is 11.6 Å². The molecule has 7 heteroatoms. The van der Waals surface area contributed by atoms with Crippen molar-refractivity contribution in [3.63, 3.8) is 0 Å². The molecule has 0 saturated carbocycles. The van der Waals surface area contributed by atoms with Gasteiger partial charge in [0.2, 0.25) is 5.82 Å². The number of para-hydroxylation sites is 1. The van der Waals surface area contributed by atoms with E-state index in [0.717, 1.165) is 37.2 Å². The van der Waals surface area contributed by atoms with E-state index in [0.29, 0.717) is 22.5 Å². The average molecular weight is 411 g/mol. The van der Waals surface area contributed by atoms with Crippen molar-refractivity contribution >= 4 is 17.5 Å². The van der Waals surface area contributed by atoms with E-state index in [4.69, 9.17) is 16.3 Å². The van der Waals surface area contributed by atoms with Crippen LogP contribution in [0.1, 0.15) is 30.4 Å². The Kier molecular flexibility index (Phi) is 5.53. The molecule has 0 unspecified atom stereocenters. The van der Waals surface area contributed by atoms with Crippen molar-refractivity contribution in [2.75, 3.05) is 20.2 Å². The van der Waals surface area contributed by atoms with E-state index in [-0.39, 0.29) is 11.7 Å². The lowest BCUT2D eigenvalue weighted by Gasteiger charge is -2.29. The van der Waals surface area contributed by atoms with Gasteiger partial charge in [0, 0.05) is 18.7 Å². The number of ether oxygens (including phenoxy) is 1. The van der Waals surface area contributed by atoms with E-state index < -0.39 is 0 Å². The van der Waals surface area contributed by atoms with Crippen LogP contribution in [-0.4, -0.2) is 45.8 Å². The molecular weight excluding hydrogens is 388 g/mol. The number of piperidine rings is 1. The Morgan fingerprint density at radius 2 is 1.79 bits per heavy atom. The van der Waals surface area contributed by atoms with Gasteiger partial charge in [0.15, 0.2) is 5.82 Å². The molecule has 0 bridgehead atoms. The van der Waals surface area contributed by atoms with Crippen LogP contribution in [0.5, 0.6) is 5.75 Å². The molecule has 3 aromatic rings. The minimum atomic E-state index is -0.141. The van der Waals surface area contributed by atoms with E-state index >= 15 is 0 Å². The largest absolute Gasteiger partial charge is 0.497 e. The number of benzene rings is 2. The Morgan fingerprint density at radius 3 is 2.45 bits per heavy atom. The van der Waals surface area contributed by atoms with Crippen molar-refractivity contribution in [3.8, 4) is 22.8 Å². The zero-order valence-corrected chi connectivity index (χ0v) is 17.3. The molecular formula is C22H23ClN4O2. The number of nitrogens with zero attached hydrogens (tertiary/aromatic N) is 4. The van der Waals surface area contributed by atoms with Gasteiger partial charge in [-0.15, -0.1) is 5.10 Å². The fourth-order valence-corrected chi connectivity index (χ4v) is 3.69. The number of halogens is 1. The topological polar surface area (TPSA) is 60.2 Å². The zero-order valence-electron chi connectivity index (χ0n) is 16.5. The summed E-state index contributed by atoms with van der Waals surface area (Å²) in [7, 11) is 1.62. The quantitative estimate of drug-likeness (QED) is 0.636. The van der Waals surface area contributed by atoms with Gasteiger partial charge in [-0.05, 0) is 55.2 Å². The summed E-state index contributed by atoms with van der Waals surface area (Å²) in [6.07, 6.45) is 2.00. The van der Waals surface area contributed by atoms with Crippen LogP contribution in [0.25, 0.3) is 17.1 Å². The van der Waals surface area contributed by atoms with Crippen molar-refractivity contribution in [1.82, 2.24) is 19.7 Å². The van der Waals surface area contributed by atoms with Crippen LogP contribution in [0, 0.1) is 5.92 Å². The highest BCUT2D eigenvalue weighted by atomic mass is 35.5. The fourth-order valence-electron chi connectivity index (χ4n) is 3.47. The molecule has 4 rings (SSSR count). The summed E-state index contributed by atoms with van der Waals surface area (Å²) in [5.41, 5.74) is 1.50. The van der Waals surface area contributed by atoms with Crippen LogP contribution < -0.4 is 4.74 Å². The van der Waals surface area contributed by atoms with E-state index in [2.05, 4.69) is 17.0 Å². The van der Waals surface area contributed by atoms with Crippen molar-refractivity contribution in [3.05, 3.63) is 59.4 Å². The molecule has 1 aromatic heterocycles. The van der Waals surface area contributed by atoms with Crippen molar-refractivity contribution in [1.29, 1.82) is 0 Å². The molecule has 0 N–H and O–H groups in total. The standard InChI is InChI=1S/C22H23ClN4O2/c1-15-11-13-26(14-12-15)22(28)20-24-21(16-7-9-17(29-2)10-8-16)27(25-20)19-6-4-3-5-18(19)23/h3-10,15H,11-14H2,1-2H3. The first-order chi connectivity index (χ1) is 14.1. The second kappa shape index (κ2) is 8.25. The maximum Gasteiger partial charge on any atom is 0.293 e. The fraction of sp³-hybridized carbons (Fsp3) is 0.318. The summed E-state index contributed by atoms with van der Waals surface area (Å²) in [6, 6.07) is 14.9. The third-order valence-electron chi connectivity index (χ3n) is 5.30. The highest BCUT2D eigenvalue weighted by Crippen LogP contribution is 2.28. The van der Waals surface area contributed by atoms with E-state index in [1.54, 1.807) is 17.9 Å². The van der Waals surface area contributed by atoms with Crippen LogP contribution in [0.3, 0.4) is 0 Å². The number of methoxy groups -OCH3 is 1. The van der Waals surface area contributed by atoms with Gasteiger partial charge in [-0.3, -0.25) is 4.79 Å². The molecule has 0 aliphatic carbocycles. The Bertz CT molecular complexity index is 1010. The highest BCUT2D eigenvalue weighted by molar-refractivity contribution is 6.32. The maximum atomic E-state index is 13.1. The summed E-state index contributed by atoms with van der Waals surface area (Å²) in [6.45, 7) is 3.69.